The number of ether oxygens (including phenoxy) is 2. The zero-order chi connectivity index (χ0) is 19.2. The minimum Gasteiger partial charge on any atom is -0.494 e. The van der Waals surface area contributed by atoms with E-state index in [0.717, 1.165) is 0 Å². The fraction of sp³-hybridized carbons (Fsp3) is 0.167. The molecule has 0 saturated carbocycles. The van der Waals surface area contributed by atoms with E-state index in [1.54, 1.807) is 35.6 Å². The summed E-state index contributed by atoms with van der Waals surface area (Å²) in [4.78, 5) is 4.49. The molecular formula is C18H13F3N4O2. The molecule has 6 nitrogen and oxygen atoms in total. The highest BCUT2D eigenvalue weighted by Gasteiger charge is 2.33. The largest absolute Gasteiger partial charge is 0.573 e. The third kappa shape index (κ3) is 2.90. The predicted octanol–water partition coefficient (Wildman–Crippen LogP) is 4.16. The van der Waals surface area contributed by atoms with Gasteiger partial charge >= 0.3 is 6.36 Å². The number of fused-ring (bicyclic) bond motifs is 3. The van der Waals surface area contributed by atoms with Gasteiger partial charge in [0.25, 0.3) is 0 Å². The summed E-state index contributed by atoms with van der Waals surface area (Å²) in [7, 11) is 1.51. The van der Waals surface area contributed by atoms with Crippen LogP contribution in [0.25, 0.3) is 28.1 Å². The monoisotopic (exact) mass is 374 g/mol. The molecule has 0 bridgehead atoms. The molecule has 0 atom stereocenters. The first-order valence-electron chi connectivity index (χ1n) is 7.92. The third-order valence-corrected chi connectivity index (χ3v) is 4.05. The second kappa shape index (κ2) is 6.11. The Bertz CT molecular complexity index is 1150. The summed E-state index contributed by atoms with van der Waals surface area (Å²) in [6.45, 7) is 1.75. The van der Waals surface area contributed by atoms with Crippen LogP contribution in [0.5, 0.6) is 11.5 Å². The number of benzene rings is 2. The molecule has 2 aromatic carbocycles. The molecule has 0 unspecified atom stereocenters. The molecule has 0 aliphatic rings. The van der Waals surface area contributed by atoms with Crippen molar-refractivity contribution in [3.05, 3.63) is 48.2 Å². The van der Waals surface area contributed by atoms with E-state index in [2.05, 4.69) is 19.9 Å². The number of hydrogen-bond acceptors (Lipinski definition) is 5. The molecule has 0 aliphatic heterocycles. The lowest BCUT2D eigenvalue weighted by molar-refractivity contribution is -0.274. The van der Waals surface area contributed by atoms with E-state index >= 15 is 0 Å². The molecule has 2 heterocycles. The zero-order valence-electron chi connectivity index (χ0n) is 14.3. The molecule has 138 valence electrons. The highest BCUT2D eigenvalue weighted by atomic mass is 19.4. The number of methoxy groups -OCH3 is 1. The molecule has 27 heavy (non-hydrogen) atoms. The lowest BCUT2D eigenvalue weighted by Crippen LogP contribution is -2.17. The van der Waals surface area contributed by atoms with Crippen molar-refractivity contribution in [2.75, 3.05) is 7.11 Å². The first-order valence-corrected chi connectivity index (χ1v) is 7.92. The van der Waals surface area contributed by atoms with E-state index in [4.69, 9.17) is 4.74 Å². The number of alkyl halides is 3. The number of halogens is 3. The van der Waals surface area contributed by atoms with E-state index in [0.29, 0.717) is 28.1 Å². The minimum absolute atomic E-state index is 0.153. The third-order valence-electron chi connectivity index (χ3n) is 4.05. The van der Waals surface area contributed by atoms with Crippen LogP contribution in [0.3, 0.4) is 0 Å². The van der Waals surface area contributed by atoms with Crippen molar-refractivity contribution in [3.63, 3.8) is 0 Å². The Labute approximate surface area is 151 Å². The lowest BCUT2D eigenvalue weighted by atomic mass is 10.2. The van der Waals surface area contributed by atoms with Gasteiger partial charge in [-0.25, -0.2) is 4.98 Å². The van der Waals surface area contributed by atoms with Gasteiger partial charge in [-0.2, -0.15) is 0 Å². The zero-order valence-corrected chi connectivity index (χ0v) is 14.3. The molecule has 0 amide bonds. The van der Waals surface area contributed by atoms with Crippen molar-refractivity contribution in [2.24, 2.45) is 0 Å². The van der Waals surface area contributed by atoms with Crippen molar-refractivity contribution >= 4 is 16.7 Å². The fourth-order valence-electron chi connectivity index (χ4n) is 2.99. The van der Waals surface area contributed by atoms with Crippen LogP contribution in [-0.4, -0.2) is 33.1 Å². The Kier molecular flexibility index (Phi) is 3.87. The normalized spacial score (nSPS) is 11.9. The average Bonchev–Trinajstić information content (AvgIpc) is 3.06. The molecule has 0 saturated heterocycles. The van der Waals surface area contributed by atoms with Crippen LogP contribution in [0.4, 0.5) is 13.2 Å². The average molecular weight is 374 g/mol. The highest BCUT2D eigenvalue weighted by molar-refractivity contribution is 5.87. The van der Waals surface area contributed by atoms with Gasteiger partial charge in [-0.15, -0.1) is 23.4 Å². The van der Waals surface area contributed by atoms with Gasteiger partial charge < -0.3 is 9.47 Å². The quantitative estimate of drug-likeness (QED) is 0.539. The molecule has 0 N–H and O–H groups in total. The van der Waals surface area contributed by atoms with E-state index in [1.807, 2.05) is 0 Å². The molecule has 4 aromatic rings. The van der Waals surface area contributed by atoms with Crippen LogP contribution in [0.15, 0.2) is 42.5 Å². The Morgan fingerprint density at radius 3 is 2.44 bits per heavy atom. The molecular weight excluding hydrogens is 361 g/mol. The van der Waals surface area contributed by atoms with Crippen molar-refractivity contribution < 1.29 is 22.6 Å². The first kappa shape index (κ1) is 17.1. The summed E-state index contributed by atoms with van der Waals surface area (Å²) in [6.07, 6.45) is -4.83. The molecule has 0 radical (unpaired) electrons. The van der Waals surface area contributed by atoms with Gasteiger partial charge in [0.05, 0.1) is 23.9 Å². The minimum atomic E-state index is -4.83. The summed E-state index contributed by atoms with van der Waals surface area (Å²) < 4.78 is 49.7. The number of aromatic nitrogens is 4. The van der Waals surface area contributed by atoms with Crippen molar-refractivity contribution in [2.45, 2.75) is 13.3 Å². The molecule has 4 rings (SSSR count). The standard InChI is InChI=1S/C18H13F3N4O2/c1-10-16-23-24-17(11-6-3-4-8-13(11)27-18(19,20)21)25(16)15-12(22-10)7-5-9-14(15)26-2/h3-9H,1-2H3. The second-order valence-corrected chi connectivity index (χ2v) is 5.75. The van der Waals surface area contributed by atoms with E-state index < -0.39 is 6.36 Å². The molecule has 0 spiro atoms. The SMILES string of the molecule is COc1cccc2nc(C)c3nnc(-c4ccccc4OC(F)(F)F)n3c12. The summed E-state index contributed by atoms with van der Waals surface area (Å²) in [6, 6.07) is 11.1. The van der Waals surface area contributed by atoms with Crippen molar-refractivity contribution in [1.29, 1.82) is 0 Å². The van der Waals surface area contributed by atoms with Crippen LogP contribution in [-0.2, 0) is 0 Å². The van der Waals surface area contributed by atoms with Gasteiger partial charge in [-0.3, -0.25) is 4.40 Å². The Hall–Kier alpha value is -3.36. The maximum absolute atomic E-state index is 12.8. The number of aryl methyl sites for hydroxylation is 1. The number of para-hydroxylation sites is 2. The summed E-state index contributed by atoms with van der Waals surface area (Å²) in [5.41, 5.74) is 2.32. The highest BCUT2D eigenvalue weighted by Crippen LogP contribution is 2.35. The van der Waals surface area contributed by atoms with Crippen LogP contribution in [0.1, 0.15) is 5.69 Å². The second-order valence-electron chi connectivity index (χ2n) is 5.75. The van der Waals surface area contributed by atoms with Gasteiger partial charge in [-0.05, 0) is 31.2 Å². The van der Waals surface area contributed by atoms with Crippen LogP contribution in [0.2, 0.25) is 0 Å². The molecule has 2 aromatic heterocycles. The molecule has 0 fully saturated rings. The van der Waals surface area contributed by atoms with Gasteiger partial charge in [0.15, 0.2) is 11.5 Å². The van der Waals surface area contributed by atoms with Crippen molar-refractivity contribution in [3.8, 4) is 22.9 Å². The van der Waals surface area contributed by atoms with E-state index in [1.165, 1.54) is 25.3 Å². The fourth-order valence-corrected chi connectivity index (χ4v) is 2.99. The predicted molar refractivity (Wildman–Crippen MR) is 91.7 cm³/mol. The number of hydrogen-bond donors (Lipinski definition) is 0. The maximum atomic E-state index is 12.8. The topological polar surface area (TPSA) is 61.5 Å². The number of rotatable bonds is 3. The van der Waals surface area contributed by atoms with E-state index in [9.17, 15) is 13.2 Å². The summed E-state index contributed by atoms with van der Waals surface area (Å²) in [5.74, 6) is 0.335. The van der Waals surface area contributed by atoms with Gasteiger partial charge in [0.1, 0.15) is 17.0 Å². The summed E-state index contributed by atoms with van der Waals surface area (Å²) in [5, 5.41) is 8.23. The maximum Gasteiger partial charge on any atom is 0.573 e. The summed E-state index contributed by atoms with van der Waals surface area (Å²) >= 11 is 0. The Morgan fingerprint density at radius 1 is 0.963 bits per heavy atom. The van der Waals surface area contributed by atoms with E-state index in [-0.39, 0.29) is 17.1 Å². The van der Waals surface area contributed by atoms with Gasteiger partial charge in [-0.1, -0.05) is 18.2 Å². The van der Waals surface area contributed by atoms with Gasteiger partial charge in [0.2, 0.25) is 0 Å². The molecule has 9 heteroatoms. The van der Waals surface area contributed by atoms with Crippen LogP contribution >= 0.6 is 0 Å². The van der Waals surface area contributed by atoms with Crippen LogP contribution in [0, 0.1) is 6.92 Å². The first-order chi connectivity index (χ1) is 12.9. The smallest absolute Gasteiger partial charge is 0.494 e. The van der Waals surface area contributed by atoms with Crippen LogP contribution < -0.4 is 9.47 Å². The lowest BCUT2D eigenvalue weighted by Gasteiger charge is -2.14. The Balaban J connectivity index is 2.08. The van der Waals surface area contributed by atoms with Crippen molar-refractivity contribution in [1.82, 2.24) is 19.6 Å². The Morgan fingerprint density at radius 2 is 1.70 bits per heavy atom. The van der Waals surface area contributed by atoms with Gasteiger partial charge in [0, 0.05) is 0 Å². The molecule has 0 aliphatic carbocycles. The number of nitrogens with zero attached hydrogens (tertiary/aromatic N) is 4.